The maximum atomic E-state index is 4.76. The van der Waals surface area contributed by atoms with Gasteiger partial charge in [-0.2, -0.15) is 11.3 Å². The molecule has 0 radical (unpaired) electrons. The topological polar surface area (TPSA) is 12.4 Å². The van der Waals surface area contributed by atoms with E-state index in [4.69, 9.17) is 4.40 Å². The van der Waals surface area contributed by atoms with Gasteiger partial charge >= 0.3 is 0 Å². The van der Waals surface area contributed by atoms with Crippen LogP contribution in [0, 0.1) is 0 Å². The Kier molecular flexibility index (Phi) is 4.87. The van der Waals surface area contributed by atoms with Crippen LogP contribution < -0.4 is 0 Å². The van der Waals surface area contributed by atoms with Crippen LogP contribution in [-0.4, -0.2) is 10.5 Å². The van der Waals surface area contributed by atoms with E-state index >= 15 is 0 Å². The van der Waals surface area contributed by atoms with Crippen molar-refractivity contribution in [2.75, 3.05) is 0 Å². The Balaban J connectivity index is 2.38. The molecule has 2 rings (SSSR count). The van der Waals surface area contributed by atoms with Crippen molar-refractivity contribution in [1.82, 2.24) is 0 Å². The molecule has 0 saturated heterocycles. The summed E-state index contributed by atoms with van der Waals surface area (Å²) in [6.45, 7) is 6.52. The number of hydrogen-bond acceptors (Lipinski definition) is 3. The molecule has 0 bridgehead atoms. The summed E-state index contributed by atoms with van der Waals surface area (Å²) in [5, 5.41) is 4.23. The summed E-state index contributed by atoms with van der Waals surface area (Å²) in [7, 11) is 0. The van der Waals surface area contributed by atoms with Gasteiger partial charge in [0.1, 0.15) is 0 Å². The molecule has 1 aromatic heterocycles. The minimum Gasteiger partial charge on any atom is -0.215 e. The van der Waals surface area contributed by atoms with Crippen LogP contribution in [0.4, 0.5) is 0 Å². The normalized spacial score (nSPS) is 12.7. The molecule has 4 heteroatoms. The first-order valence-electron chi connectivity index (χ1n) is 6.00. The Morgan fingerprint density at radius 1 is 1.11 bits per heavy atom. The third-order valence-corrected chi connectivity index (χ3v) is 4.36. The molecule has 1 heterocycles. The standard InChI is InChI=1S/C15H16BrNS2/c1-15(2,3)19-17-14(12-8-9-18-10-12)11-4-6-13(16)7-5-11/h4-10H,1-3H3/b17-14-. The highest BCUT2D eigenvalue weighted by Gasteiger charge is 2.13. The first-order chi connectivity index (χ1) is 8.96. The minimum atomic E-state index is 0.122. The molecule has 19 heavy (non-hydrogen) atoms. The van der Waals surface area contributed by atoms with E-state index in [-0.39, 0.29) is 4.75 Å². The molecular weight excluding hydrogens is 338 g/mol. The predicted molar refractivity (Wildman–Crippen MR) is 91.4 cm³/mol. The predicted octanol–water partition coefficient (Wildman–Crippen LogP) is 5.79. The van der Waals surface area contributed by atoms with Crippen molar-refractivity contribution in [3.05, 3.63) is 56.7 Å². The van der Waals surface area contributed by atoms with Crippen LogP contribution in [0.25, 0.3) is 0 Å². The Hall–Kier alpha value is -0.580. The summed E-state index contributed by atoms with van der Waals surface area (Å²) in [4.78, 5) is 0. The number of rotatable bonds is 3. The molecule has 1 nitrogen and oxygen atoms in total. The zero-order valence-electron chi connectivity index (χ0n) is 11.2. The van der Waals surface area contributed by atoms with E-state index in [0.717, 1.165) is 15.7 Å². The molecule has 0 unspecified atom stereocenters. The van der Waals surface area contributed by atoms with Crippen LogP contribution in [0.1, 0.15) is 31.9 Å². The van der Waals surface area contributed by atoms with Crippen molar-refractivity contribution in [2.45, 2.75) is 25.5 Å². The van der Waals surface area contributed by atoms with Crippen molar-refractivity contribution in [2.24, 2.45) is 4.40 Å². The molecule has 1 aromatic carbocycles. The third kappa shape index (κ3) is 4.48. The van der Waals surface area contributed by atoms with Gasteiger partial charge in [-0.15, -0.1) is 0 Å². The third-order valence-electron chi connectivity index (χ3n) is 2.32. The largest absolute Gasteiger partial charge is 0.215 e. The maximum Gasteiger partial charge on any atom is 0.0866 e. The summed E-state index contributed by atoms with van der Waals surface area (Å²) in [5.41, 5.74) is 3.39. The lowest BCUT2D eigenvalue weighted by Gasteiger charge is -2.14. The van der Waals surface area contributed by atoms with Gasteiger partial charge in [0.2, 0.25) is 0 Å². The van der Waals surface area contributed by atoms with Gasteiger partial charge in [0.15, 0.2) is 0 Å². The molecular formula is C15H16BrNS2. The number of benzene rings is 1. The molecule has 0 spiro atoms. The molecule has 0 aliphatic rings. The van der Waals surface area contributed by atoms with Crippen molar-refractivity contribution in [3.63, 3.8) is 0 Å². The Bertz CT molecular complexity index is 551. The monoisotopic (exact) mass is 353 g/mol. The van der Waals surface area contributed by atoms with E-state index < -0.39 is 0 Å². The molecule has 0 amide bonds. The first kappa shape index (κ1) is 14.8. The fraction of sp³-hybridized carbons (Fsp3) is 0.267. The molecule has 0 aliphatic heterocycles. The molecule has 0 saturated carbocycles. The Morgan fingerprint density at radius 2 is 1.79 bits per heavy atom. The number of thiophene rings is 1. The highest BCUT2D eigenvalue weighted by atomic mass is 79.9. The zero-order valence-corrected chi connectivity index (χ0v) is 14.4. The van der Waals surface area contributed by atoms with Gasteiger partial charge in [-0.25, -0.2) is 4.40 Å². The molecule has 0 N–H and O–H groups in total. The van der Waals surface area contributed by atoms with Crippen LogP contribution in [0.15, 0.2) is 50.0 Å². The van der Waals surface area contributed by atoms with E-state index in [1.807, 2.05) is 0 Å². The second-order valence-electron chi connectivity index (χ2n) is 5.16. The molecule has 0 aliphatic carbocycles. The molecule has 0 fully saturated rings. The SMILES string of the molecule is CC(C)(C)S/N=C(/c1ccc(Br)cc1)c1ccsc1. The Morgan fingerprint density at radius 3 is 2.32 bits per heavy atom. The summed E-state index contributed by atoms with van der Waals surface area (Å²) in [6.07, 6.45) is 0. The average molecular weight is 354 g/mol. The van der Waals surface area contributed by atoms with Gasteiger partial charge in [-0.3, -0.25) is 0 Å². The highest BCUT2D eigenvalue weighted by Crippen LogP contribution is 2.27. The summed E-state index contributed by atoms with van der Waals surface area (Å²) in [5.74, 6) is 0. The van der Waals surface area contributed by atoms with E-state index in [1.165, 1.54) is 5.56 Å². The van der Waals surface area contributed by atoms with E-state index in [1.54, 1.807) is 23.3 Å². The van der Waals surface area contributed by atoms with Crippen LogP contribution in [-0.2, 0) is 0 Å². The molecule has 0 atom stereocenters. The van der Waals surface area contributed by atoms with Gasteiger partial charge in [0.25, 0.3) is 0 Å². The van der Waals surface area contributed by atoms with Gasteiger partial charge in [0.05, 0.1) is 5.71 Å². The second-order valence-corrected chi connectivity index (χ2v) is 8.45. The second kappa shape index (κ2) is 6.25. The van der Waals surface area contributed by atoms with Crippen LogP contribution in [0.2, 0.25) is 0 Å². The van der Waals surface area contributed by atoms with Crippen molar-refractivity contribution in [3.8, 4) is 0 Å². The fourth-order valence-electron chi connectivity index (χ4n) is 1.46. The average Bonchev–Trinajstić information content (AvgIpc) is 2.84. The minimum absolute atomic E-state index is 0.122. The van der Waals surface area contributed by atoms with E-state index in [0.29, 0.717) is 0 Å². The highest BCUT2D eigenvalue weighted by molar-refractivity contribution is 9.10. The summed E-state index contributed by atoms with van der Waals surface area (Å²) in [6, 6.07) is 10.4. The van der Waals surface area contributed by atoms with Crippen molar-refractivity contribution >= 4 is 44.9 Å². The van der Waals surface area contributed by atoms with Crippen molar-refractivity contribution in [1.29, 1.82) is 0 Å². The lowest BCUT2D eigenvalue weighted by atomic mass is 10.1. The number of halogens is 1. The first-order valence-corrected chi connectivity index (χ1v) is 8.51. The van der Waals surface area contributed by atoms with Gasteiger partial charge in [-0.05, 0) is 56.3 Å². The van der Waals surface area contributed by atoms with Crippen LogP contribution in [0.3, 0.4) is 0 Å². The smallest absolute Gasteiger partial charge is 0.0866 e. The van der Waals surface area contributed by atoms with E-state index in [9.17, 15) is 0 Å². The quantitative estimate of drug-likeness (QED) is 0.502. The summed E-state index contributed by atoms with van der Waals surface area (Å²) >= 11 is 6.79. The van der Waals surface area contributed by atoms with Crippen molar-refractivity contribution < 1.29 is 0 Å². The zero-order chi connectivity index (χ0) is 13.9. The van der Waals surface area contributed by atoms with Gasteiger partial charge in [-0.1, -0.05) is 28.1 Å². The number of nitrogens with zero attached hydrogens (tertiary/aromatic N) is 1. The molecule has 100 valence electrons. The van der Waals surface area contributed by atoms with Gasteiger partial charge in [0, 0.05) is 25.7 Å². The van der Waals surface area contributed by atoms with Gasteiger partial charge < -0.3 is 0 Å². The maximum absolute atomic E-state index is 4.76. The molecule has 2 aromatic rings. The lowest BCUT2D eigenvalue weighted by molar-refractivity contribution is 0.804. The number of hydrogen-bond donors (Lipinski definition) is 0. The van der Waals surface area contributed by atoms with Crippen LogP contribution >= 0.6 is 39.2 Å². The fourth-order valence-corrected chi connectivity index (χ4v) is 2.94. The van der Waals surface area contributed by atoms with Crippen LogP contribution in [0.5, 0.6) is 0 Å². The summed E-state index contributed by atoms with van der Waals surface area (Å²) < 4.78 is 5.97. The Labute approximate surface area is 131 Å². The lowest BCUT2D eigenvalue weighted by Crippen LogP contribution is -2.08. The van der Waals surface area contributed by atoms with E-state index in [2.05, 4.69) is 77.8 Å².